The standard InChI is InChI=1S/C27H23BrF2N2O5S/c1-31-27(34)24-20-10-19(15-2-3-15)22(11-23(20)37-26(24)16-4-6-18(29)7-5-16)32-38(35,36)13-14-8-17(12-33)25(28)21(30)9-14/h4-11,15,32-33H,2-3,12-13H2,1H3,(H,31,34). The molecule has 11 heteroatoms. The van der Waals surface area contributed by atoms with Gasteiger partial charge in [-0.05, 0) is 87.8 Å². The van der Waals surface area contributed by atoms with E-state index in [1.165, 1.54) is 37.4 Å². The molecule has 0 unspecified atom stereocenters. The molecule has 0 atom stereocenters. The van der Waals surface area contributed by atoms with Crippen LogP contribution in [0.15, 0.2) is 57.4 Å². The highest BCUT2D eigenvalue weighted by atomic mass is 79.9. The van der Waals surface area contributed by atoms with Gasteiger partial charge in [-0.15, -0.1) is 0 Å². The highest BCUT2D eigenvalue weighted by Crippen LogP contribution is 2.47. The van der Waals surface area contributed by atoms with E-state index >= 15 is 0 Å². The van der Waals surface area contributed by atoms with Crippen LogP contribution in [0.25, 0.3) is 22.3 Å². The van der Waals surface area contributed by atoms with Gasteiger partial charge in [0.25, 0.3) is 5.91 Å². The number of halogens is 3. The summed E-state index contributed by atoms with van der Waals surface area (Å²) in [4.78, 5) is 12.9. The molecule has 1 aliphatic rings. The maximum absolute atomic E-state index is 14.2. The summed E-state index contributed by atoms with van der Waals surface area (Å²) in [6, 6.07) is 11.4. The molecule has 5 rings (SSSR count). The lowest BCUT2D eigenvalue weighted by atomic mass is 10.0. The molecule has 0 aliphatic heterocycles. The van der Waals surface area contributed by atoms with Gasteiger partial charge in [0.15, 0.2) is 0 Å². The third-order valence-electron chi connectivity index (χ3n) is 6.39. The first-order chi connectivity index (χ1) is 18.1. The van der Waals surface area contributed by atoms with E-state index in [2.05, 4.69) is 26.0 Å². The zero-order valence-electron chi connectivity index (χ0n) is 20.1. The Hall–Kier alpha value is -3.28. The fourth-order valence-electron chi connectivity index (χ4n) is 4.46. The van der Waals surface area contributed by atoms with Gasteiger partial charge in [0, 0.05) is 24.1 Å². The summed E-state index contributed by atoms with van der Waals surface area (Å²) in [5, 5.41) is 12.6. The zero-order chi connectivity index (χ0) is 27.2. The van der Waals surface area contributed by atoms with Crippen molar-refractivity contribution in [2.24, 2.45) is 0 Å². The van der Waals surface area contributed by atoms with Crippen molar-refractivity contribution in [2.75, 3.05) is 11.8 Å². The Morgan fingerprint density at radius 2 is 1.84 bits per heavy atom. The molecular formula is C27H23BrF2N2O5S. The molecule has 1 heterocycles. The van der Waals surface area contributed by atoms with Gasteiger partial charge in [0.2, 0.25) is 10.0 Å². The van der Waals surface area contributed by atoms with E-state index in [9.17, 15) is 27.1 Å². The van der Waals surface area contributed by atoms with Crippen LogP contribution in [-0.2, 0) is 22.4 Å². The second kappa shape index (κ2) is 10.1. The highest BCUT2D eigenvalue weighted by molar-refractivity contribution is 9.10. The van der Waals surface area contributed by atoms with Crippen LogP contribution in [0.4, 0.5) is 14.5 Å². The van der Waals surface area contributed by atoms with Crippen molar-refractivity contribution in [3.8, 4) is 11.3 Å². The van der Waals surface area contributed by atoms with Gasteiger partial charge >= 0.3 is 0 Å². The number of anilines is 1. The third kappa shape index (κ3) is 5.18. The lowest BCUT2D eigenvalue weighted by molar-refractivity contribution is 0.0964. The molecular weight excluding hydrogens is 582 g/mol. The zero-order valence-corrected chi connectivity index (χ0v) is 22.5. The number of sulfonamides is 1. The average Bonchev–Trinajstić information content (AvgIpc) is 3.65. The minimum Gasteiger partial charge on any atom is -0.455 e. The van der Waals surface area contributed by atoms with Crippen LogP contribution >= 0.6 is 15.9 Å². The van der Waals surface area contributed by atoms with E-state index in [0.717, 1.165) is 24.5 Å². The Morgan fingerprint density at radius 3 is 2.47 bits per heavy atom. The third-order valence-corrected chi connectivity index (χ3v) is 8.53. The van der Waals surface area contributed by atoms with Gasteiger partial charge in [-0.25, -0.2) is 17.2 Å². The molecule has 1 aromatic heterocycles. The largest absolute Gasteiger partial charge is 0.455 e. The van der Waals surface area contributed by atoms with Crippen molar-refractivity contribution in [1.29, 1.82) is 0 Å². The Balaban J connectivity index is 1.58. The molecule has 4 aromatic rings. The highest BCUT2D eigenvalue weighted by Gasteiger charge is 2.31. The normalized spacial score (nSPS) is 13.6. The number of fused-ring (bicyclic) bond motifs is 1. The molecule has 1 saturated carbocycles. The summed E-state index contributed by atoms with van der Waals surface area (Å²) in [7, 11) is -2.50. The summed E-state index contributed by atoms with van der Waals surface area (Å²) in [6.45, 7) is -0.454. The number of carbonyl (C=O) groups is 1. The monoisotopic (exact) mass is 604 g/mol. The fraction of sp³-hybridized carbons (Fsp3) is 0.222. The lowest BCUT2D eigenvalue weighted by Crippen LogP contribution is -2.18. The van der Waals surface area contributed by atoms with Crippen molar-refractivity contribution in [3.05, 3.63) is 86.9 Å². The molecule has 1 amide bonds. The summed E-state index contributed by atoms with van der Waals surface area (Å²) in [5.41, 5.74) is 2.48. The van der Waals surface area contributed by atoms with Gasteiger partial charge in [-0.1, -0.05) is 6.07 Å². The maximum Gasteiger partial charge on any atom is 0.255 e. The summed E-state index contributed by atoms with van der Waals surface area (Å²) >= 11 is 3.05. The molecule has 3 N–H and O–H groups in total. The maximum atomic E-state index is 14.2. The van der Waals surface area contributed by atoms with Gasteiger partial charge in [-0.2, -0.15) is 0 Å². The van der Waals surface area contributed by atoms with E-state index in [0.29, 0.717) is 16.6 Å². The molecule has 1 aliphatic carbocycles. The number of hydrogen-bond donors (Lipinski definition) is 3. The van der Waals surface area contributed by atoms with Crippen LogP contribution in [-0.4, -0.2) is 26.5 Å². The van der Waals surface area contributed by atoms with E-state index in [1.54, 1.807) is 12.1 Å². The van der Waals surface area contributed by atoms with E-state index in [-0.39, 0.29) is 38.4 Å². The number of nitrogens with one attached hydrogen (secondary N) is 2. The molecule has 0 saturated heterocycles. The van der Waals surface area contributed by atoms with Crippen molar-refractivity contribution in [1.82, 2.24) is 5.32 Å². The van der Waals surface area contributed by atoms with Crippen molar-refractivity contribution >= 4 is 48.5 Å². The average molecular weight is 605 g/mol. The SMILES string of the molecule is CNC(=O)c1c(-c2ccc(F)cc2)oc2cc(NS(=O)(=O)Cc3cc(F)c(Br)c(CO)c3)c(C3CC3)cc12. The van der Waals surface area contributed by atoms with Crippen LogP contribution in [0, 0.1) is 11.6 Å². The predicted octanol–water partition coefficient (Wildman–Crippen LogP) is 5.81. The van der Waals surface area contributed by atoms with Gasteiger partial charge in [-0.3, -0.25) is 9.52 Å². The van der Waals surface area contributed by atoms with Crippen LogP contribution in [0.1, 0.15) is 45.8 Å². The smallest absolute Gasteiger partial charge is 0.255 e. The van der Waals surface area contributed by atoms with Crippen LogP contribution < -0.4 is 10.0 Å². The van der Waals surface area contributed by atoms with Crippen LogP contribution in [0.3, 0.4) is 0 Å². The number of furan rings is 1. The number of amides is 1. The molecule has 38 heavy (non-hydrogen) atoms. The molecule has 198 valence electrons. The molecule has 0 radical (unpaired) electrons. The number of benzene rings is 3. The summed E-state index contributed by atoms with van der Waals surface area (Å²) in [6.07, 6.45) is 1.71. The molecule has 3 aromatic carbocycles. The first kappa shape index (κ1) is 26.3. The first-order valence-corrected chi connectivity index (χ1v) is 14.2. The molecule has 0 bridgehead atoms. The van der Waals surface area contributed by atoms with Gasteiger partial charge in [0.1, 0.15) is 23.0 Å². The Labute approximate surface area is 226 Å². The van der Waals surface area contributed by atoms with Crippen molar-refractivity contribution in [3.63, 3.8) is 0 Å². The van der Waals surface area contributed by atoms with Crippen molar-refractivity contribution < 1.29 is 31.5 Å². The van der Waals surface area contributed by atoms with Gasteiger partial charge < -0.3 is 14.8 Å². The quantitative estimate of drug-likeness (QED) is 0.235. The van der Waals surface area contributed by atoms with Crippen molar-refractivity contribution in [2.45, 2.75) is 31.1 Å². The topological polar surface area (TPSA) is 109 Å². The molecule has 0 spiro atoms. The fourth-order valence-corrected chi connectivity index (χ4v) is 6.01. The van der Waals surface area contributed by atoms with E-state index < -0.39 is 39.9 Å². The number of aliphatic hydroxyl groups excluding tert-OH is 1. The Kier molecular flexibility index (Phi) is 7.01. The Morgan fingerprint density at radius 1 is 1.13 bits per heavy atom. The predicted molar refractivity (Wildman–Crippen MR) is 143 cm³/mol. The minimum atomic E-state index is -4.00. The number of carbonyl (C=O) groups excluding carboxylic acids is 1. The summed E-state index contributed by atoms with van der Waals surface area (Å²) in [5.74, 6) is -1.68. The number of aliphatic hydroxyl groups is 1. The second-order valence-corrected chi connectivity index (χ2v) is 11.7. The Bertz CT molecular complexity index is 1670. The number of rotatable bonds is 8. The second-order valence-electron chi connectivity index (χ2n) is 9.17. The van der Waals surface area contributed by atoms with E-state index in [4.69, 9.17) is 4.42 Å². The summed E-state index contributed by atoms with van der Waals surface area (Å²) < 4.78 is 62.8. The molecule has 1 fully saturated rings. The van der Waals surface area contributed by atoms with E-state index in [1.807, 2.05) is 0 Å². The first-order valence-electron chi connectivity index (χ1n) is 11.8. The minimum absolute atomic E-state index is 0.0808. The lowest BCUT2D eigenvalue weighted by Gasteiger charge is -2.14. The van der Waals surface area contributed by atoms with Gasteiger partial charge in [0.05, 0.1) is 28.1 Å². The van der Waals surface area contributed by atoms with Crippen LogP contribution in [0.2, 0.25) is 0 Å². The molecule has 7 nitrogen and oxygen atoms in total. The van der Waals surface area contributed by atoms with Crippen LogP contribution in [0.5, 0.6) is 0 Å². The number of hydrogen-bond acceptors (Lipinski definition) is 5.